The maximum atomic E-state index is 11.0. The van der Waals surface area contributed by atoms with E-state index in [4.69, 9.17) is 13.0 Å². The van der Waals surface area contributed by atoms with Crippen molar-refractivity contribution in [2.24, 2.45) is 0 Å². The number of hydrogen-bond acceptors (Lipinski definition) is 2. The van der Waals surface area contributed by atoms with E-state index in [1.165, 1.54) is 0 Å². The highest BCUT2D eigenvalue weighted by molar-refractivity contribution is 6.56. The number of carbonyl (C=O) groups excluding carboxylic acids is 1. The van der Waals surface area contributed by atoms with Gasteiger partial charge in [-0.1, -0.05) is 12.1 Å². The average molecular weight is 243 g/mol. The zero-order valence-electron chi connectivity index (χ0n) is 10.0. The Bertz CT molecular complexity index is 450. The quantitative estimate of drug-likeness (QED) is 0.806. The van der Waals surface area contributed by atoms with Gasteiger partial charge in [0.15, 0.2) is 5.81 Å². The normalized spacial score (nSPS) is 16.6. The summed E-state index contributed by atoms with van der Waals surface area (Å²) in [5.74, 6) is -0.900. The van der Waals surface area contributed by atoms with E-state index in [-0.39, 0.29) is 5.81 Å². The smallest absolute Gasteiger partial charge is 0.335 e. The summed E-state index contributed by atoms with van der Waals surface area (Å²) in [6, 6.07) is 6.96. The lowest BCUT2D eigenvalue weighted by Crippen LogP contribution is -2.37. The monoisotopic (exact) mass is 243 g/mol. The van der Waals surface area contributed by atoms with Crippen molar-refractivity contribution in [2.75, 3.05) is 13.1 Å². The molecule has 0 saturated carbocycles. The fraction of sp³-hybridized carbons (Fsp3) is 0.385. The number of likely N-dealkylation sites (tertiary alicyclic amines) is 1. The molecule has 0 unspecified atom stereocenters. The summed E-state index contributed by atoms with van der Waals surface area (Å²) in [5.41, 5.74) is 1.43. The summed E-state index contributed by atoms with van der Waals surface area (Å²) >= 11 is 0. The lowest BCUT2D eigenvalue weighted by atomic mass is 9.88. The zero-order chi connectivity index (χ0) is 13.1. The van der Waals surface area contributed by atoms with Crippen LogP contribution in [0.3, 0.4) is 0 Å². The van der Waals surface area contributed by atoms with Gasteiger partial charge in [-0.3, -0.25) is 4.79 Å². The van der Waals surface area contributed by atoms with Crippen molar-refractivity contribution in [3.8, 4) is 0 Å². The molecule has 1 aromatic rings. The maximum absolute atomic E-state index is 11.0. The summed E-state index contributed by atoms with van der Waals surface area (Å²) in [6.45, 7) is 1.33. The molecule has 0 spiro atoms. The molecular weight excluding hydrogens is 229 g/mol. The molecule has 1 aliphatic heterocycles. The number of aromatic carboxylic acids is 1. The first-order valence-electron chi connectivity index (χ1n) is 5.95. The third kappa shape index (κ3) is 2.72. The summed E-state index contributed by atoms with van der Waals surface area (Å²) < 4.78 is 0. The van der Waals surface area contributed by atoms with Crippen molar-refractivity contribution in [3.63, 3.8) is 0 Å². The largest absolute Gasteiger partial charge is 0.478 e. The van der Waals surface area contributed by atoms with Gasteiger partial charge in [-0.2, -0.15) is 0 Å². The first-order valence-corrected chi connectivity index (χ1v) is 5.95. The molecule has 0 atom stereocenters. The molecule has 92 valence electrons. The molecule has 0 aliphatic carbocycles. The number of carbonyl (C=O) groups is 2. The molecular formula is C13H14BNO3. The number of rotatable bonds is 2. The molecule has 1 saturated heterocycles. The van der Waals surface area contributed by atoms with E-state index >= 15 is 0 Å². The number of hydrogen-bond donors (Lipinski definition) is 1. The predicted octanol–water partition coefficient (Wildman–Crippen LogP) is 1.85. The molecule has 1 N–H and O–H groups in total. The molecule has 1 amide bonds. The van der Waals surface area contributed by atoms with E-state index in [0.717, 1.165) is 18.4 Å². The van der Waals surface area contributed by atoms with E-state index < -0.39 is 5.97 Å². The van der Waals surface area contributed by atoms with Crippen molar-refractivity contribution in [1.82, 2.24) is 4.90 Å². The first-order chi connectivity index (χ1) is 8.58. The second-order valence-electron chi connectivity index (χ2n) is 4.53. The Morgan fingerprint density at radius 2 is 1.72 bits per heavy atom. The Morgan fingerprint density at radius 1 is 1.17 bits per heavy atom. The highest BCUT2D eigenvalue weighted by Gasteiger charge is 2.21. The van der Waals surface area contributed by atoms with Gasteiger partial charge < -0.3 is 10.0 Å². The van der Waals surface area contributed by atoms with Crippen LogP contribution in [0.15, 0.2) is 24.3 Å². The minimum Gasteiger partial charge on any atom is -0.478 e. The van der Waals surface area contributed by atoms with Gasteiger partial charge >= 0.3 is 5.97 Å². The van der Waals surface area contributed by atoms with Crippen LogP contribution >= 0.6 is 0 Å². The molecule has 0 bridgehead atoms. The fourth-order valence-electron chi connectivity index (χ4n) is 2.33. The van der Waals surface area contributed by atoms with Crippen molar-refractivity contribution < 1.29 is 14.7 Å². The van der Waals surface area contributed by atoms with E-state index in [1.54, 1.807) is 17.0 Å². The molecule has 1 heterocycles. The predicted molar refractivity (Wildman–Crippen MR) is 68.1 cm³/mol. The second-order valence-corrected chi connectivity index (χ2v) is 4.53. The Morgan fingerprint density at radius 3 is 2.17 bits per heavy atom. The van der Waals surface area contributed by atoms with E-state index in [2.05, 4.69) is 0 Å². The third-order valence-electron chi connectivity index (χ3n) is 3.44. The van der Waals surface area contributed by atoms with Gasteiger partial charge in [0, 0.05) is 13.1 Å². The van der Waals surface area contributed by atoms with E-state index in [0.29, 0.717) is 24.6 Å². The number of carboxylic acids is 1. The van der Waals surface area contributed by atoms with Crippen molar-refractivity contribution in [1.29, 1.82) is 0 Å². The molecule has 1 fully saturated rings. The summed E-state index contributed by atoms with van der Waals surface area (Å²) in [5, 5.41) is 8.82. The Balaban J connectivity index is 2.01. The molecule has 1 aromatic carbocycles. The number of amides is 1. The molecule has 5 heteroatoms. The Labute approximate surface area is 107 Å². The highest BCUT2D eigenvalue weighted by Crippen LogP contribution is 2.28. The number of benzene rings is 1. The van der Waals surface area contributed by atoms with Crippen LogP contribution in [-0.4, -0.2) is 42.7 Å². The summed E-state index contributed by atoms with van der Waals surface area (Å²) in [4.78, 5) is 23.4. The van der Waals surface area contributed by atoms with Gasteiger partial charge in [0.05, 0.1) is 5.56 Å². The van der Waals surface area contributed by atoms with E-state index in [1.807, 2.05) is 12.1 Å². The van der Waals surface area contributed by atoms with Crippen LogP contribution in [0.4, 0.5) is 4.79 Å². The number of nitrogens with zero attached hydrogens (tertiary/aromatic N) is 1. The van der Waals surface area contributed by atoms with Crippen LogP contribution in [-0.2, 0) is 0 Å². The first kappa shape index (κ1) is 12.7. The standard InChI is InChI=1S/C13H14BNO3/c14-13(18)15-7-5-10(6-8-15)9-1-3-11(4-2-9)12(16)17/h1-4,10H,5-8H2,(H,16,17). The van der Waals surface area contributed by atoms with Crippen LogP contribution in [0.1, 0.15) is 34.7 Å². The molecule has 2 radical (unpaired) electrons. The zero-order valence-corrected chi connectivity index (χ0v) is 10.0. The molecule has 18 heavy (non-hydrogen) atoms. The lowest BCUT2D eigenvalue weighted by molar-refractivity contribution is 0.0697. The van der Waals surface area contributed by atoms with Crippen molar-refractivity contribution in [3.05, 3.63) is 35.4 Å². The van der Waals surface area contributed by atoms with Gasteiger partial charge in [-0.15, -0.1) is 0 Å². The topological polar surface area (TPSA) is 57.6 Å². The SMILES string of the molecule is [B]C(=O)N1CCC(c2ccc(C(=O)O)cc2)CC1. The number of piperidine rings is 1. The van der Waals surface area contributed by atoms with Gasteiger partial charge in [0.2, 0.25) is 7.85 Å². The minimum atomic E-state index is -0.912. The second kappa shape index (κ2) is 5.25. The fourth-order valence-corrected chi connectivity index (χ4v) is 2.33. The van der Waals surface area contributed by atoms with Gasteiger partial charge in [0.25, 0.3) is 0 Å². The van der Waals surface area contributed by atoms with Crippen LogP contribution in [0.25, 0.3) is 0 Å². The number of carboxylic acid groups (broad SMARTS) is 1. The summed E-state index contributed by atoms with van der Waals surface area (Å²) in [7, 11) is 5.23. The van der Waals surface area contributed by atoms with Crippen LogP contribution in [0.5, 0.6) is 0 Å². The highest BCUT2D eigenvalue weighted by atomic mass is 16.4. The van der Waals surface area contributed by atoms with Crippen LogP contribution < -0.4 is 0 Å². The Kier molecular flexibility index (Phi) is 3.70. The van der Waals surface area contributed by atoms with Gasteiger partial charge in [-0.05, 0) is 36.5 Å². The molecule has 2 rings (SSSR count). The van der Waals surface area contributed by atoms with Crippen LogP contribution in [0.2, 0.25) is 0 Å². The molecule has 0 aromatic heterocycles. The van der Waals surface area contributed by atoms with E-state index in [9.17, 15) is 9.59 Å². The lowest BCUT2D eigenvalue weighted by Gasteiger charge is -2.32. The van der Waals surface area contributed by atoms with Crippen molar-refractivity contribution in [2.45, 2.75) is 18.8 Å². The van der Waals surface area contributed by atoms with Gasteiger partial charge in [-0.25, -0.2) is 4.79 Å². The minimum absolute atomic E-state index is 0.299. The van der Waals surface area contributed by atoms with Crippen LogP contribution in [0, 0.1) is 0 Å². The Hall–Kier alpha value is -1.78. The van der Waals surface area contributed by atoms with Gasteiger partial charge in [0.1, 0.15) is 0 Å². The average Bonchev–Trinajstić information content (AvgIpc) is 2.39. The summed E-state index contributed by atoms with van der Waals surface area (Å²) in [6.07, 6.45) is 1.74. The van der Waals surface area contributed by atoms with Crippen molar-refractivity contribution >= 4 is 19.6 Å². The third-order valence-corrected chi connectivity index (χ3v) is 3.44. The molecule has 1 aliphatic rings. The maximum Gasteiger partial charge on any atom is 0.335 e. The molecule has 4 nitrogen and oxygen atoms in total.